The molecule has 1 aliphatic carbocycles. The molecule has 1 saturated carbocycles. The van der Waals surface area contributed by atoms with E-state index in [0.29, 0.717) is 19.1 Å². The summed E-state index contributed by atoms with van der Waals surface area (Å²) in [6.07, 6.45) is 8.23. The fraction of sp³-hybridized carbons (Fsp3) is 0.842. The Morgan fingerprint density at radius 1 is 1.15 bits per heavy atom. The quantitative estimate of drug-likeness (QED) is 0.768. The van der Waals surface area contributed by atoms with Gasteiger partial charge in [-0.2, -0.15) is 0 Å². The Kier molecular flexibility index (Phi) is 4.65. The molecule has 8 heteroatoms. The average molecular weight is 375 g/mol. The largest absolute Gasteiger partial charge is 0.379 e. The second kappa shape index (κ2) is 7.14. The zero-order valence-corrected chi connectivity index (χ0v) is 15.9. The summed E-state index contributed by atoms with van der Waals surface area (Å²) in [4.78, 5) is 18.4. The van der Waals surface area contributed by atoms with Gasteiger partial charge in [0.2, 0.25) is 5.91 Å². The molecule has 0 spiro atoms. The Hall–Kier alpha value is -1.51. The molecular weight excluding hydrogens is 346 g/mol. The summed E-state index contributed by atoms with van der Waals surface area (Å²) in [5, 5.41) is 8.33. The lowest BCUT2D eigenvalue weighted by atomic mass is 9.78. The number of carbonyl (C=O) groups is 1. The molecule has 27 heavy (non-hydrogen) atoms. The maximum Gasteiger partial charge on any atom is 0.243 e. The summed E-state index contributed by atoms with van der Waals surface area (Å²) in [7, 11) is 0. The van der Waals surface area contributed by atoms with Crippen LogP contribution in [0.2, 0.25) is 0 Å². The average Bonchev–Trinajstić information content (AvgIpc) is 3.23. The summed E-state index contributed by atoms with van der Waals surface area (Å²) in [5.41, 5.74) is 0.668. The lowest BCUT2D eigenvalue weighted by Gasteiger charge is -2.50. The number of carbonyl (C=O) groups excluding carboxylic acids is 1. The number of fused-ring (bicyclic) bond motifs is 3. The number of aromatic nitrogens is 3. The second-order valence-electron chi connectivity index (χ2n) is 8.32. The second-order valence-corrected chi connectivity index (χ2v) is 8.32. The van der Waals surface area contributed by atoms with Crippen LogP contribution in [0.5, 0.6) is 0 Å². The van der Waals surface area contributed by atoms with E-state index in [0.717, 1.165) is 70.6 Å². The van der Waals surface area contributed by atoms with Gasteiger partial charge < -0.3 is 14.4 Å². The number of ether oxygens (including phenoxy) is 2. The molecule has 5 rings (SSSR count). The summed E-state index contributed by atoms with van der Waals surface area (Å²) in [6.45, 7) is 5.21. The third kappa shape index (κ3) is 2.98. The lowest BCUT2D eigenvalue weighted by Crippen LogP contribution is -2.64. The lowest BCUT2D eigenvalue weighted by molar-refractivity contribution is -0.157. The molecule has 0 unspecified atom stereocenters. The van der Waals surface area contributed by atoms with Gasteiger partial charge in [0.1, 0.15) is 5.54 Å². The van der Waals surface area contributed by atoms with Gasteiger partial charge in [-0.05, 0) is 19.3 Å². The van der Waals surface area contributed by atoms with Crippen LogP contribution < -0.4 is 0 Å². The molecule has 1 aromatic heterocycles. The van der Waals surface area contributed by atoms with Crippen molar-refractivity contribution in [2.24, 2.45) is 0 Å². The monoisotopic (exact) mass is 375 g/mol. The van der Waals surface area contributed by atoms with Crippen LogP contribution in [0, 0.1) is 0 Å². The van der Waals surface area contributed by atoms with Crippen molar-refractivity contribution in [1.82, 2.24) is 24.8 Å². The van der Waals surface area contributed by atoms with Gasteiger partial charge in [0, 0.05) is 26.2 Å². The van der Waals surface area contributed by atoms with Gasteiger partial charge in [0.25, 0.3) is 0 Å². The van der Waals surface area contributed by atoms with Crippen molar-refractivity contribution in [1.29, 1.82) is 0 Å². The molecule has 2 saturated heterocycles. The van der Waals surface area contributed by atoms with Crippen molar-refractivity contribution in [2.75, 3.05) is 39.4 Å². The maximum atomic E-state index is 13.9. The SMILES string of the molecule is O=C(N1CC[C@@H]2OCc3cnnn3[C@@H]2C1)C1(N2CCOCC2)CCCCC1. The number of hydrogen-bond donors (Lipinski definition) is 0. The van der Waals surface area contributed by atoms with Gasteiger partial charge in [0.05, 0.1) is 43.9 Å². The van der Waals surface area contributed by atoms with Crippen molar-refractivity contribution in [3.05, 3.63) is 11.9 Å². The normalized spacial score (nSPS) is 31.2. The van der Waals surface area contributed by atoms with Gasteiger partial charge in [-0.15, -0.1) is 5.10 Å². The Morgan fingerprint density at radius 3 is 2.78 bits per heavy atom. The number of morpholine rings is 1. The molecule has 0 radical (unpaired) electrons. The third-order valence-electron chi connectivity index (χ3n) is 6.91. The van der Waals surface area contributed by atoms with Crippen LogP contribution >= 0.6 is 0 Å². The minimum Gasteiger partial charge on any atom is -0.379 e. The fourth-order valence-corrected chi connectivity index (χ4v) is 5.45. The van der Waals surface area contributed by atoms with E-state index in [-0.39, 0.29) is 17.7 Å². The van der Waals surface area contributed by atoms with Gasteiger partial charge in [-0.1, -0.05) is 24.5 Å². The first-order chi connectivity index (χ1) is 13.3. The van der Waals surface area contributed by atoms with Crippen molar-refractivity contribution >= 4 is 5.91 Å². The standard InChI is InChI=1S/C19H29N5O3/c25-18(19(5-2-1-3-6-19)23-8-10-26-11-9-23)22-7-4-17-16(13-22)24-15(14-27-17)12-20-21-24/h12,16-17H,1-11,13-14H2/t16-,17+/m1/s1. The fourth-order valence-electron chi connectivity index (χ4n) is 5.45. The zero-order chi connectivity index (χ0) is 18.3. The van der Waals surface area contributed by atoms with E-state index in [9.17, 15) is 4.79 Å². The molecule has 0 bridgehead atoms. The highest BCUT2D eigenvalue weighted by Gasteiger charge is 2.49. The van der Waals surface area contributed by atoms with E-state index >= 15 is 0 Å². The van der Waals surface area contributed by atoms with E-state index in [4.69, 9.17) is 9.47 Å². The first-order valence-electron chi connectivity index (χ1n) is 10.4. The predicted octanol–water partition coefficient (Wildman–Crippen LogP) is 0.985. The van der Waals surface area contributed by atoms with Crippen molar-refractivity contribution in [2.45, 2.75) is 62.8 Å². The zero-order valence-electron chi connectivity index (χ0n) is 15.9. The van der Waals surface area contributed by atoms with Gasteiger partial charge in [0.15, 0.2) is 0 Å². The van der Waals surface area contributed by atoms with E-state index < -0.39 is 0 Å². The Bertz CT molecular complexity index is 681. The summed E-state index contributed by atoms with van der Waals surface area (Å²) >= 11 is 0. The number of rotatable bonds is 2. The highest BCUT2D eigenvalue weighted by molar-refractivity contribution is 5.86. The summed E-state index contributed by atoms with van der Waals surface area (Å²) in [6, 6.07) is 0.0827. The van der Waals surface area contributed by atoms with E-state index in [1.807, 2.05) is 4.68 Å². The van der Waals surface area contributed by atoms with E-state index in [1.165, 1.54) is 6.42 Å². The molecule has 4 heterocycles. The van der Waals surface area contributed by atoms with E-state index in [2.05, 4.69) is 20.1 Å². The minimum absolute atomic E-state index is 0.0827. The highest BCUT2D eigenvalue weighted by Crippen LogP contribution is 2.38. The highest BCUT2D eigenvalue weighted by atomic mass is 16.5. The number of likely N-dealkylation sites (tertiary alicyclic amines) is 1. The topological polar surface area (TPSA) is 72.7 Å². The van der Waals surface area contributed by atoms with Crippen LogP contribution in [-0.4, -0.2) is 81.7 Å². The molecule has 3 fully saturated rings. The summed E-state index contributed by atoms with van der Waals surface area (Å²) < 4.78 is 13.6. The van der Waals surface area contributed by atoms with Crippen molar-refractivity contribution < 1.29 is 14.3 Å². The molecule has 148 valence electrons. The van der Waals surface area contributed by atoms with Crippen LogP contribution in [0.4, 0.5) is 0 Å². The molecule has 4 aliphatic rings. The van der Waals surface area contributed by atoms with E-state index in [1.54, 1.807) is 6.20 Å². The first-order valence-corrected chi connectivity index (χ1v) is 10.4. The maximum absolute atomic E-state index is 13.9. The minimum atomic E-state index is -0.338. The van der Waals surface area contributed by atoms with Gasteiger partial charge in [-0.3, -0.25) is 9.69 Å². The number of amides is 1. The molecule has 8 nitrogen and oxygen atoms in total. The predicted molar refractivity (Wildman–Crippen MR) is 97.0 cm³/mol. The van der Waals surface area contributed by atoms with Crippen LogP contribution in [0.15, 0.2) is 6.20 Å². The van der Waals surface area contributed by atoms with Crippen LogP contribution in [0.1, 0.15) is 50.3 Å². The molecule has 2 atom stereocenters. The number of piperidine rings is 1. The van der Waals surface area contributed by atoms with Crippen molar-refractivity contribution in [3.8, 4) is 0 Å². The van der Waals surface area contributed by atoms with Crippen molar-refractivity contribution in [3.63, 3.8) is 0 Å². The summed E-state index contributed by atoms with van der Waals surface area (Å²) in [5.74, 6) is 0.315. The molecule has 1 aromatic rings. The number of hydrogen-bond acceptors (Lipinski definition) is 6. The first kappa shape index (κ1) is 17.6. The Labute approximate surface area is 159 Å². The van der Waals surface area contributed by atoms with Crippen LogP contribution in [-0.2, 0) is 20.9 Å². The van der Waals surface area contributed by atoms with Crippen LogP contribution in [0.25, 0.3) is 0 Å². The number of nitrogens with zero attached hydrogens (tertiary/aromatic N) is 5. The van der Waals surface area contributed by atoms with Gasteiger partial charge >= 0.3 is 0 Å². The Morgan fingerprint density at radius 2 is 1.96 bits per heavy atom. The Balaban J connectivity index is 1.39. The smallest absolute Gasteiger partial charge is 0.243 e. The molecule has 1 amide bonds. The third-order valence-corrected chi connectivity index (χ3v) is 6.91. The van der Waals surface area contributed by atoms with Crippen LogP contribution in [0.3, 0.4) is 0 Å². The molecular formula is C19H29N5O3. The molecule has 0 N–H and O–H groups in total. The molecule has 0 aromatic carbocycles. The van der Waals surface area contributed by atoms with Gasteiger partial charge in [-0.25, -0.2) is 4.68 Å². The molecule has 3 aliphatic heterocycles.